The van der Waals surface area contributed by atoms with E-state index >= 15 is 9.18 Å². The van der Waals surface area contributed by atoms with E-state index in [1.807, 2.05) is 18.2 Å². The molecule has 0 bridgehead atoms. The molecule has 2 aromatic carbocycles. The van der Waals surface area contributed by atoms with Gasteiger partial charge in [-0.25, -0.2) is 9.18 Å². The van der Waals surface area contributed by atoms with Crippen LogP contribution in [0.15, 0.2) is 60.4 Å². The number of benzene rings is 2. The van der Waals surface area contributed by atoms with Crippen LogP contribution in [0.2, 0.25) is 10.0 Å². The lowest BCUT2D eigenvalue weighted by Gasteiger charge is -2.42. The first-order valence-corrected chi connectivity index (χ1v) is 18.3. The molecule has 4 N–H and O–H groups in total. The number of halogens is 3. The van der Waals surface area contributed by atoms with Crippen LogP contribution < -0.4 is 10.6 Å². The Bertz CT molecular complexity index is 1770. The monoisotopic (exact) mass is 741 g/mol. The van der Waals surface area contributed by atoms with Gasteiger partial charge in [-0.2, -0.15) is 0 Å². The highest BCUT2D eigenvalue weighted by Gasteiger charge is 2.65. The number of likely N-dealkylation sites (tertiary alicyclic amines) is 1. The van der Waals surface area contributed by atoms with Crippen LogP contribution in [0.4, 0.5) is 10.1 Å². The van der Waals surface area contributed by atoms with E-state index in [1.54, 1.807) is 24.3 Å². The van der Waals surface area contributed by atoms with E-state index in [0.717, 1.165) is 11.3 Å². The Morgan fingerprint density at radius 3 is 2.47 bits per heavy atom. The van der Waals surface area contributed by atoms with Gasteiger partial charge in [0.15, 0.2) is 5.54 Å². The van der Waals surface area contributed by atoms with Crippen molar-refractivity contribution in [1.29, 1.82) is 0 Å². The molecule has 2 unspecified atom stereocenters. The van der Waals surface area contributed by atoms with Crippen molar-refractivity contribution in [2.75, 3.05) is 25.5 Å². The Labute approximate surface area is 308 Å². The maximum atomic E-state index is 16.6. The van der Waals surface area contributed by atoms with Gasteiger partial charge in [0, 0.05) is 47.6 Å². The first-order valence-electron chi connectivity index (χ1n) is 17.5. The van der Waals surface area contributed by atoms with Gasteiger partial charge in [0.05, 0.1) is 29.9 Å². The molecule has 6 rings (SSSR count). The van der Waals surface area contributed by atoms with Crippen LogP contribution in [0.5, 0.6) is 0 Å². The Hall–Kier alpha value is -3.60. The highest BCUT2D eigenvalue weighted by atomic mass is 35.5. The molecule has 12 heteroatoms. The van der Waals surface area contributed by atoms with Crippen molar-refractivity contribution in [3.05, 3.63) is 87.4 Å². The van der Waals surface area contributed by atoms with Gasteiger partial charge in [-0.05, 0) is 84.9 Å². The van der Waals surface area contributed by atoms with E-state index in [-0.39, 0.29) is 34.4 Å². The summed E-state index contributed by atoms with van der Waals surface area (Å²) in [7, 11) is 1.45. The molecule has 1 saturated carbocycles. The van der Waals surface area contributed by atoms with Crippen molar-refractivity contribution in [1.82, 2.24) is 10.2 Å². The molecule has 2 fully saturated rings. The minimum atomic E-state index is -1.81. The maximum Gasteiger partial charge on any atom is 0.333 e. The number of fused-ring (bicyclic) bond motifs is 2. The van der Waals surface area contributed by atoms with Crippen LogP contribution in [-0.2, 0) is 24.5 Å². The second kappa shape index (κ2) is 14.1. The number of methoxy groups -OCH3 is 1. The summed E-state index contributed by atoms with van der Waals surface area (Å²) in [6.45, 7) is 7.21. The normalized spacial score (nSPS) is 30.4. The molecular weight excluding hydrogens is 696 g/mol. The second-order valence-electron chi connectivity index (χ2n) is 15.8. The standard InChI is InChI=1S/C39H46Cl2FN3O6/c1-37(2,3)19-30-39(21-43-29-17-24(40)14-15-27(29)39)31(26-8-5-9-28(41)32(26)42)33(45(30)20-22-10-12-23(13-11-22)35(47)48)34(46)44-38(36(49)50)16-6-7-25(18-38)51-4/h5-9,14-17,22-23,30-31,33,43H,10-13,18-21H2,1-4H3,(H,44,46)(H,47,48)(H,49,50)/t22?,23?,30-,31+,33?,38?,39-/m0/s1. The Kier molecular flexibility index (Phi) is 10.3. The quantitative estimate of drug-likeness (QED) is 0.210. The van der Waals surface area contributed by atoms with E-state index in [0.29, 0.717) is 56.0 Å². The van der Waals surface area contributed by atoms with E-state index in [1.165, 1.54) is 19.3 Å². The molecule has 2 heterocycles. The molecule has 2 aromatic rings. The summed E-state index contributed by atoms with van der Waals surface area (Å²) >= 11 is 13.0. The summed E-state index contributed by atoms with van der Waals surface area (Å²) in [5.74, 6) is -4.02. The summed E-state index contributed by atoms with van der Waals surface area (Å²) in [6.07, 6.45) is 7.53. The van der Waals surface area contributed by atoms with E-state index in [4.69, 9.17) is 27.9 Å². The molecule has 1 saturated heterocycles. The summed E-state index contributed by atoms with van der Waals surface area (Å²) in [4.78, 5) is 42.3. The Balaban J connectivity index is 1.56. The molecule has 4 aliphatic rings. The molecule has 1 amide bonds. The molecule has 274 valence electrons. The topological polar surface area (TPSA) is 128 Å². The number of ether oxygens (including phenoxy) is 1. The smallest absolute Gasteiger partial charge is 0.333 e. The van der Waals surface area contributed by atoms with Crippen molar-refractivity contribution in [2.24, 2.45) is 17.3 Å². The van der Waals surface area contributed by atoms with Crippen molar-refractivity contribution in [3.63, 3.8) is 0 Å². The Morgan fingerprint density at radius 1 is 1.10 bits per heavy atom. The van der Waals surface area contributed by atoms with Crippen LogP contribution in [0.1, 0.15) is 76.3 Å². The number of aliphatic carboxylic acids is 2. The van der Waals surface area contributed by atoms with Gasteiger partial charge in [0.1, 0.15) is 5.82 Å². The second-order valence-corrected chi connectivity index (χ2v) is 16.7. The number of anilines is 1. The number of hydrogen-bond donors (Lipinski definition) is 4. The minimum Gasteiger partial charge on any atom is -0.501 e. The lowest BCUT2D eigenvalue weighted by molar-refractivity contribution is -0.147. The fourth-order valence-electron chi connectivity index (χ4n) is 9.10. The van der Waals surface area contributed by atoms with Crippen LogP contribution in [0, 0.1) is 23.1 Å². The third-order valence-electron chi connectivity index (χ3n) is 11.4. The maximum absolute atomic E-state index is 16.6. The number of nitrogens with one attached hydrogen (secondary N) is 2. The highest BCUT2D eigenvalue weighted by molar-refractivity contribution is 6.31. The molecule has 9 nitrogen and oxygen atoms in total. The fourth-order valence-corrected chi connectivity index (χ4v) is 9.46. The predicted octanol–water partition coefficient (Wildman–Crippen LogP) is 7.39. The molecule has 2 aliphatic heterocycles. The van der Waals surface area contributed by atoms with Crippen molar-refractivity contribution >= 4 is 46.7 Å². The number of hydrogen-bond acceptors (Lipinski definition) is 6. The molecular formula is C39H46Cl2FN3O6. The Morgan fingerprint density at radius 2 is 1.82 bits per heavy atom. The fraction of sp³-hybridized carbons (Fsp3) is 0.513. The third-order valence-corrected chi connectivity index (χ3v) is 12.0. The van der Waals surface area contributed by atoms with Gasteiger partial charge in [-0.1, -0.05) is 68.2 Å². The first kappa shape index (κ1) is 37.2. The predicted molar refractivity (Wildman–Crippen MR) is 195 cm³/mol. The van der Waals surface area contributed by atoms with Crippen LogP contribution in [0.25, 0.3) is 0 Å². The zero-order valence-corrected chi connectivity index (χ0v) is 30.9. The van der Waals surface area contributed by atoms with E-state index in [9.17, 15) is 19.8 Å². The zero-order valence-electron chi connectivity index (χ0n) is 29.3. The summed E-state index contributed by atoms with van der Waals surface area (Å²) in [5.41, 5.74) is -0.977. The van der Waals surface area contributed by atoms with Gasteiger partial charge in [-0.3, -0.25) is 14.5 Å². The number of carboxylic acids is 2. The molecule has 1 spiro atoms. The molecule has 0 radical (unpaired) electrons. The molecule has 5 atom stereocenters. The van der Waals surface area contributed by atoms with Crippen molar-refractivity contribution in [3.8, 4) is 0 Å². The summed E-state index contributed by atoms with van der Waals surface area (Å²) < 4.78 is 22.0. The van der Waals surface area contributed by atoms with Gasteiger partial charge < -0.3 is 25.6 Å². The van der Waals surface area contributed by atoms with Crippen LogP contribution in [-0.4, -0.2) is 70.8 Å². The van der Waals surface area contributed by atoms with Crippen molar-refractivity contribution < 1.29 is 33.7 Å². The third kappa shape index (κ3) is 6.87. The lowest BCUT2D eigenvalue weighted by atomic mass is 9.63. The van der Waals surface area contributed by atoms with Gasteiger partial charge >= 0.3 is 11.9 Å². The zero-order chi connectivity index (χ0) is 36.9. The number of carbonyl (C=O) groups is 3. The molecule has 0 aromatic heterocycles. The van der Waals surface area contributed by atoms with E-state index in [2.05, 4.69) is 36.3 Å². The SMILES string of the molecule is COC1=CC=CC(NC(=O)C2[C@@H](c3cccc(Cl)c3F)[C@]3(CNc4cc(Cl)ccc43)[C@H](CC(C)(C)C)N2CC2CCC(C(=O)O)CC2)(C(=O)O)C1. The average Bonchev–Trinajstić information content (AvgIpc) is 3.57. The molecule has 2 aliphatic carbocycles. The number of rotatable bonds is 9. The van der Waals surface area contributed by atoms with E-state index < -0.39 is 52.5 Å². The van der Waals surface area contributed by atoms with Crippen LogP contribution >= 0.6 is 23.2 Å². The first-order chi connectivity index (χ1) is 24.1. The number of amides is 1. The van der Waals surface area contributed by atoms with Crippen LogP contribution in [0.3, 0.4) is 0 Å². The highest BCUT2D eigenvalue weighted by Crippen LogP contribution is 2.60. The number of carbonyl (C=O) groups excluding carboxylic acids is 1. The average molecular weight is 743 g/mol. The summed E-state index contributed by atoms with van der Waals surface area (Å²) in [6, 6.07) is 9.09. The number of carboxylic acid groups (broad SMARTS) is 2. The van der Waals surface area contributed by atoms with Crippen molar-refractivity contribution in [2.45, 2.75) is 88.3 Å². The largest absolute Gasteiger partial charge is 0.501 e. The lowest BCUT2D eigenvalue weighted by Crippen LogP contribution is -2.59. The molecule has 51 heavy (non-hydrogen) atoms. The van der Waals surface area contributed by atoms with Gasteiger partial charge in [-0.15, -0.1) is 0 Å². The number of nitrogens with zero attached hydrogens (tertiary/aromatic N) is 1. The van der Waals surface area contributed by atoms with Gasteiger partial charge in [0.25, 0.3) is 0 Å². The number of allylic oxidation sites excluding steroid dienone is 2. The van der Waals surface area contributed by atoms with Gasteiger partial charge in [0.2, 0.25) is 5.91 Å². The minimum absolute atomic E-state index is 0.0588. The summed E-state index contributed by atoms with van der Waals surface area (Å²) in [5, 5.41) is 27.3.